The van der Waals surface area contributed by atoms with E-state index in [9.17, 15) is 4.39 Å². The number of aromatic nitrogens is 1. The lowest BCUT2D eigenvalue weighted by atomic mass is 9.77. The molecule has 1 unspecified atom stereocenters. The molecule has 0 saturated carbocycles. The predicted octanol–water partition coefficient (Wildman–Crippen LogP) is 4.78. The van der Waals surface area contributed by atoms with E-state index in [1.165, 1.54) is 23.3 Å². The van der Waals surface area contributed by atoms with Gasteiger partial charge in [0.2, 0.25) is 0 Å². The zero-order chi connectivity index (χ0) is 15.1. The quantitative estimate of drug-likeness (QED) is 0.704. The first-order valence-corrected chi connectivity index (χ1v) is 7.66. The molecule has 1 atom stereocenters. The Morgan fingerprint density at radius 3 is 2.91 bits per heavy atom. The summed E-state index contributed by atoms with van der Waals surface area (Å²) in [5.74, 6) is 0.938. The summed E-state index contributed by atoms with van der Waals surface area (Å²) in [6, 6.07) is 14.8. The molecule has 1 N–H and O–H groups in total. The van der Waals surface area contributed by atoms with Crippen LogP contribution < -0.4 is 5.32 Å². The maximum absolute atomic E-state index is 13.4. The van der Waals surface area contributed by atoms with Gasteiger partial charge in [0.1, 0.15) is 16.8 Å². The van der Waals surface area contributed by atoms with Crippen molar-refractivity contribution in [3.63, 3.8) is 0 Å². The van der Waals surface area contributed by atoms with E-state index in [1.54, 1.807) is 12.1 Å². The van der Waals surface area contributed by atoms with Gasteiger partial charge in [-0.3, -0.25) is 0 Å². The maximum Gasteiger partial charge on any atom is 0.135 e. The molecule has 4 rings (SSSR count). The fourth-order valence-electron chi connectivity index (χ4n) is 3.10. The van der Waals surface area contributed by atoms with Gasteiger partial charge >= 0.3 is 0 Å². The maximum atomic E-state index is 13.4. The number of fused-ring (bicyclic) bond motifs is 2. The van der Waals surface area contributed by atoms with Crippen molar-refractivity contribution in [2.75, 3.05) is 11.9 Å². The smallest absolute Gasteiger partial charge is 0.135 e. The van der Waals surface area contributed by atoms with Crippen LogP contribution in [0.1, 0.15) is 17.0 Å². The SMILES string of the molecule is Fc1ccc2c(NCC3Cc4ccccc43)nc(Cl)cc2c1. The minimum Gasteiger partial charge on any atom is -0.369 e. The summed E-state index contributed by atoms with van der Waals surface area (Å²) in [6.07, 6.45) is 1.08. The van der Waals surface area contributed by atoms with E-state index in [0.29, 0.717) is 16.9 Å². The molecule has 1 aliphatic carbocycles. The summed E-state index contributed by atoms with van der Waals surface area (Å²) in [5.41, 5.74) is 2.81. The van der Waals surface area contributed by atoms with Crippen LogP contribution in [0.15, 0.2) is 48.5 Å². The number of rotatable bonds is 3. The van der Waals surface area contributed by atoms with Gasteiger partial charge in [-0.15, -0.1) is 0 Å². The highest BCUT2D eigenvalue weighted by Gasteiger charge is 2.25. The highest BCUT2D eigenvalue weighted by Crippen LogP contribution is 2.35. The van der Waals surface area contributed by atoms with Gasteiger partial charge in [0.05, 0.1) is 0 Å². The van der Waals surface area contributed by atoms with Gasteiger partial charge in [0, 0.05) is 17.8 Å². The van der Waals surface area contributed by atoms with E-state index in [0.717, 1.165) is 23.7 Å². The molecule has 1 aliphatic rings. The average Bonchev–Trinajstić information content (AvgIpc) is 2.47. The lowest BCUT2D eigenvalue weighted by Gasteiger charge is -2.30. The van der Waals surface area contributed by atoms with Gasteiger partial charge in [-0.2, -0.15) is 0 Å². The van der Waals surface area contributed by atoms with Crippen LogP contribution in [0.5, 0.6) is 0 Å². The van der Waals surface area contributed by atoms with Crippen molar-refractivity contribution in [3.8, 4) is 0 Å². The van der Waals surface area contributed by atoms with Crippen molar-refractivity contribution in [3.05, 3.63) is 70.6 Å². The summed E-state index contributed by atoms with van der Waals surface area (Å²) in [6.45, 7) is 0.802. The van der Waals surface area contributed by atoms with E-state index in [4.69, 9.17) is 11.6 Å². The molecule has 0 bridgehead atoms. The Balaban J connectivity index is 1.60. The van der Waals surface area contributed by atoms with E-state index >= 15 is 0 Å². The predicted molar refractivity (Wildman–Crippen MR) is 88.1 cm³/mol. The van der Waals surface area contributed by atoms with Crippen molar-refractivity contribution >= 4 is 28.2 Å². The molecule has 2 nitrogen and oxygen atoms in total. The molecule has 4 heteroatoms. The molecule has 0 spiro atoms. The van der Waals surface area contributed by atoms with Crippen LogP contribution in [0.4, 0.5) is 10.2 Å². The summed E-state index contributed by atoms with van der Waals surface area (Å²) in [5, 5.41) is 5.39. The number of hydrogen-bond acceptors (Lipinski definition) is 2. The normalized spacial score (nSPS) is 16.2. The van der Waals surface area contributed by atoms with E-state index < -0.39 is 0 Å². The number of hydrogen-bond donors (Lipinski definition) is 1. The molecule has 1 heterocycles. The van der Waals surface area contributed by atoms with Gasteiger partial charge in [-0.25, -0.2) is 9.37 Å². The van der Waals surface area contributed by atoms with Crippen molar-refractivity contribution in [2.45, 2.75) is 12.3 Å². The van der Waals surface area contributed by atoms with Crippen LogP contribution in [-0.2, 0) is 6.42 Å². The number of anilines is 1. The zero-order valence-electron chi connectivity index (χ0n) is 11.8. The van der Waals surface area contributed by atoms with Crippen LogP contribution >= 0.6 is 11.6 Å². The Hall–Kier alpha value is -2.13. The first-order chi connectivity index (χ1) is 10.7. The van der Waals surface area contributed by atoms with Crippen LogP contribution in [-0.4, -0.2) is 11.5 Å². The second kappa shape index (κ2) is 5.25. The Morgan fingerprint density at radius 1 is 1.18 bits per heavy atom. The summed E-state index contributed by atoms with van der Waals surface area (Å²) < 4.78 is 13.4. The number of nitrogens with zero attached hydrogens (tertiary/aromatic N) is 1. The summed E-state index contributed by atoms with van der Waals surface area (Å²) >= 11 is 6.05. The van der Waals surface area contributed by atoms with Crippen molar-refractivity contribution in [1.29, 1.82) is 0 Å². The minimum atomic E-state index is -0.270. The topological polar surface area (TPSA) is 24.9 Å². The minimum absolute atomic E-state index is 0.270. The molecular weight excluding hydrogens is 299 g/mol. The van der Waals surface area contributed by atoms with Gasteiger partial charge in [0.15, 0.2) is 0 Å². The van der Waals surface area contributed by atoms with Crippen molar-refractivity contribution < 1.29 is 4.39 Å². The first-order valence-electron chi connectivity index (χ1n) is 7.28. The van der Waals surface area contributed by atoms with Crippen molar-refractivity contribution in [2.24, 2.45) is 0 Å². The lowest BCUT2D eigenvalue weighted by molar-refractivity contribution is 0.629. The Kier molecular flexibility index (Phi) is 3.23. The monoisotopic (exact) mass is 312 g/mol. The van der Waals surface area contributed by atoms with Crippen molar-refractivity contribution in [1.82, 2.24) is 4.98 Å². The standard InChI is InChI=1S/C18H14ClFN2/c19-17-9-12-8-14(20)5-6-16(12)18(22-17)21-10-13-7-11-3-1-2-4-15(11)13/h1-6,8-9,13H,7,10H2,(H,21,22). The third-order valence-corrected chi connectivity index (χ3v) is 4.43. The van der Waals surface area contributed by atoms with Crippen LogP contribution in [0.2, 0.25) is 5.15 Å². The van der Waals surface area contributed by atoms with Crippen LogP contribution in [0.25, 0.3) is 10.8 Å². The largest absolute Gasteiger partial charge is 0.369 e. The molecule has 0 saturated heterocycles. The van der Waals surface area contributed by atoms with Crippen LogP contribution in [0, 0.1) is 5.82 Å². The Bertz CT molecular complexity index is 858. The second-order valence-corrected chi connectivity index (χ2v) is 6.03. The van der Waals surface area contributed by atoms with E-state index in [2.05, 4.69) is 34.6 Å². The van der Waals surface area contributed by atoms with E-state index in [1.807, 2.05) is 0 Å². The molecule has 0 amide bonds. The lowest BCUT2D eigenvalue weighted by Crippen LogP contribution is -2.24. The van der Waals surface area contributed by atoms with E-state index in [-0.39, 0.29) is 5.82 Å². The molecule has 2 aromatic carbocycles. The number of benzene rings is 2. The molecular formula is C18H14ClFN2. The van der Waals surface area contributed by atoms with Crippen LogP contribution in [0.3, 0.4) is 0 Å². The number of nitrogens with one attached hydrogen (secondary N) is 1. The van der Waals surface area contributed by atoms with Gasteiger partial charge in [-0.05, 0) is 47.2 Å². The van der Waals surface area contributed by atoms with Gasteiger partial charge < -0.3 is 5.32 Å². The fourth-order valence-corrected chi connectivity index (χ4v) is 3.30. The second-order valence-electron chi connectivity index (χ2n) is 5.64. The third-order valence-electron chi connectivity index (χ3n) is 4.24. The fraction of sp³-hybridized carbons (Fsp3) is 0.167. The Labute approximate surface area is 132 Å². The third kappa shape index (κ3) is 2.32. The Morgan fingerprint density at radius 2 is 2.05 bits per heavy atom. The zero-order valence-corrected chi connectivity index (χ0v) is 12.6. The average molecular weight is 313 g/mol. The molecule has 1 aromatic heterocycles. The molecule has 0 fully saturated rings. The number of halogens is 2. The molecule has 22 heavy (non-hydrogen) atoms. The van der Waals surface area contributed by atoms with Gasteiger partial charge in [-0.1, -0.05) is 35.9 Å². The molecule has 0 aliphatic heterocycles. The molecule has 110 valence electrons. The highest BCUT2D eigenvalue weighted by molar-refractivity contribution is 6.30. The summed E-state index contributed by atoms with van der Waals surface area (Å²) in [7, 11) is 0. The molecule has 3 aromatic rings. The highest BCUT2D eigenvalue weighted by atomic mass is 35.5. The molecule has 0 radical (unpaired) electrons. The van der Waals surface area contributed by atoms with Gasteiger partial charge in [0.25, 0.3) is 0 Å². The number of pyridine rings is 1. The summed E-state index contributed by atoms with van der Waals surface area (Å²) in [4.78, 5) is 4.35. The first kappa shape index (κ1) is 13.5.